The van der Waals surface area contributed by atoms with Crippen molar-refractivity contribution in [3.63, 3.8) is 0 Å². The van der Waals surface area contributed by atoms with Crippen LogP contribution in [-0.4, -0.2) is 34.1 Å². The zero-order valence-electron chi connectivity index (χ0n) is 11.0. The Morgan fingerprint density at radius 1 is 1.35 bits per heavy atom. The van der Waals surface area contributed by atoms with Crippen LogP contribution in [0.5, 0.6) is 0 Å². The van der Waals surface area contributed by atoms with E-state index in [2.05, 4.69) is 37.9 Å². The number of rotatable bonds is 5. The van der Waals surface area contributed by atoms with E-state index in [1.165, 1.54) is 6.20 Å². The van der Waals surface area contributed by atoms with Gasteiger partial charge in [0, 0.05) is 13.1 Å². The molecule has 5 heteroatoms. The molecule has 0 bridgehead atoms. The van der Waals surface area contributed by atoms with E-state index >= 15 is 0 Å². The average Bonchev–Trinajstić information content (AvgIpc) is 2.61. The maximum Gasteiger partial charge on any atom is 0.259 e. The van der Waals surface area contributed by atoms with E-state index in [9.17, 15) is 4.79 Å². The first-order valence-corrected chi connectivity index (χ1v) is 6.00. The van der Waals surface area contributed by atoms with Crippen molar-refractivity contribution in [2.75, 3.05) is 18.8 Å². The fourth-order valence-electron chi connectivity index (χ4n) is 1.76. The fraction of sp³-hybridized carbons (Fsp3) is 0.667. The number of hydrogen-bond donors (Lipinski definition) is 2. The summed E-state index contributed by atoms with van der Waals surface area (Å²) in [5.41, 5.74) is 6.14. The highest BCUT2D eigenvalue weighted by Crippen LogP contribution is 2.13. The molecule has 17 heavy (non-hydrogen) atoms. The number of anilines is 1. The molecule has 0 fully saturated rings. The third-order valence-corrected chi connectivity index (χ3v) is 2.36. The third kappa shape index (κ3) is 3.76. The van der Waals surface area contributed by atoms with E-state index in [1.54, 1.807) is 0 Å². The van der Waals surface area contributed by atoms with E-state index < -0.39 is 0 Å². The number of carbonyl (C=O) groups excluding carboxylic acids is 1. The highest BCUT2D eigenvalue weighted by molar-refractivity contribution is 5.98. The molecule has 0 spiro atoms. The van der Waals surface area contributed by atoms with E-state index in [-0.39, 0.29) is 5.91 Å². The Morgan fingerprint density at radius 2 is 1.88 bits per heavy atom. The van der Waals surface area contributed by atoms with Crippen LogP contribution in [0.2, 0.25) is 0 Å². The van der Waals surface area contributed by atoms with E-state index in [0.717, 1.165) is 13.1 Å². The zero-order chi connectivity index (χ0) is 13.0. The van der Waals surface area contributed by atoms with Crippen LogP contribution in [0.3, 0.4) is 0 Å². The third-order valence-electron chi connectivity index (χ3n) is 2.36. The number of aromatic nitrogens is 2. The lowest BCUT2D eigenvalue weighted by Gasteiger charge is -2.26. The number of aromatic amines is 1. The molecular weight excluding hydrogens is 216 g/mol. The van der Waals surface area contributed by atoms with Gasteiger partial charge in [-0.3, -0.25) is 9.89 Å². The number of amides is 1. The van der Waals surface area contributed by atoms with Crippen molar-refractivity contribution in [3.8, 4) is 0 Å². The minimum Gasteiger partial charge on any atom is -0.383 e. The number of hydrogen-bond acceptors (Lipinski definition) is 3. The summed E-state index contributed by atoms with van der Waals surface area (Å²) in [6, 6.07) is 0. The van der Waals surface area contributed by atoms with Crippen molar-refractivity contribution in [2.45, 2.75) is 27.7 Å². The second-order valence-electron chi connectivity index (χ2n) is 5.20. The molecule has 0 aliphatic rings. The first-order valence-electron chi connectivity index (χ1n) is 6.00. The van der Waals surface area contributed by atoms with Crippen molar-refractivity contribution >= 4 is 11.7 Å². The largest absolute Gasteiger partial charge is 0.383 e. The van der Waals surface area contributed by atoms with Crippen LogP contribution in [0, 0.1) is 11.8 Å². The number of H-pyrrole nitrogens is 1. The lowest BCUT2D eigenvalue weighted by molar-refractivity contribution is 0.0716. The van der Waals surface area contributed by atoms with Gasteiger partial charge in [-0.15, -0.1) is 0 Å². The summed E-state index contributed by atoms with van der Waals surface area (Å²) in [5, 5.41) is 6.38. The van der Waals surface area contributed by atoms with E-state index in [0.29, 0.717) is 23.2 Å². The van der Waals surface area contributed by atoms with E-state index in [4.69, 9.17) is 5.73 Å². The van der Waals surface area contributed by atoms with Gasteiger partial charge in [0.1, 0.15) is 11.4 Å². The first-order chi connectivity index (χ1) is 7.91. The van der Waals surface area contributed by atoms with Gasteiger partial charge in [0.2, 0.25) is 0 Å². The predicted molar refractivity (Wildman–Crippen MR) is 68.6 cm³/mol. The molecular formula is C12H22N4O. The van der Waals surface area contributed by atoms with Crippen LogP contribution < -0.4 is 5.73 Å². The summed E-state index contributed by atoms with van der Waals surface area (Å²) >= 11 is 0. The molecule has 0 radical (unpaired) electrons. The van der Waals surface area contributed by atoms with Crippen molar-refractivity contribution in [3.05, 3.63) is 11.8 Å². The molecule has 1 aromatic rings. The Bertz CT molecular complexity index is 360. The highest BCUT2D eigenvalue weighted by Gasteiger charge is 2.20. The summed E-state index contributed by atoms with van der Waals surface area (Å²) in [4.78, 5) is 14.1. The van der Waals surface area contributed by atoms with Gasteiger partial charge < -0.3 is 10.6 Å². The molecule has 0 aromatic carbocycles. The predicted octanol–water partition coefficient (Wildman–Crippen LogP) is 1.75. The van der Waals surface area contributed by atoms with Gasteiger partial charge in [0.05, 0.1) is 6.20 Å². The number of nitrogens with zero attached hydrogens (tertiary/aromatic N) is 2. The molecule has 0 atom stereocenters. The minimum atomic E-state index is -0.0429. The summed E-state index contributed by atoms with van der Waals surface area (Å²) < 4.78 is 0. The van der Waals surface area contributed by atoms with Gasteiger partial charge in [-0.1, -0.05) is 27.7 Å². The van der Waals surface area contributed by atoms with Crippen LogP contribution in [0.1, 0.15) is 38.1 Å². The number of nitrogen functional groups attached to an aromatic ring is 1. The topological polar surface area (TPSA) is 75.0 Å². The van der Waals surface area contributed by atoms with Crippen molar-refractivity contribution in [2.24, 2.45) is 11.8 Å². The molecule has 1 aromatic heterocycles. The number of carbonyl (C=O) groups is 1. The van der Waals surface area contributed by atoms with Crippen LogP contribution in [-0.2, 0) is 0 Å². The molecule has 96 valence electrons. The number of nitrogens with two attached hydrogens (primary N) is 1. The van der Waals surface area contributed by atoms with Crippen molar-refractivity contribution in [1.29, 1.82) is 0 Å². The Labute approximate surface area is 102 Å². The summed E-state index contributed by atoms with van der Waals surface area (Å²) in [5.74, 6) is 1.17. The normalized spacial score (nSPS) is 11.2. The van der Waals surface area contributed by atoms with Crippen LogP contribution in [0.4, 0.5) is 5.82 Å². The van der Waals surface area contributed by atoms with Crippen LogP contribution >= 0.6 is 0 Å². The maximum atomic E-state index is 12.3. The first kappa shape index (κ1) is 13.5. The smallest absolute Gasteiger partial charge is 0.259 e. The lowest BCUT2D eigenvalue weighted by atomic mass is 10.1. The highest BCUT2D eigenvalue weighted by atomic mass is 16.2. The van der Waals surface area contributed by atoms with Gasteiger partial charge in [-0.05, 0) is 11.8 Å². The van der Waals surface area contributed by atoms with Crippen LogP contribution in [0.25, 0.3) is 0 Å². The van der Waals surface area contributed by atoms with Gasteiger partial charge in [0.15, 0.2) is 0 Å². The molecule has 5 nitrogen and oxygen atoms in total. The Kier molecular flexibility index (Phi) is 4.54. The second-order valence-corrected chi connectivity index (χ2v) is 5.20. The summed E-state index contributed by atoms with van der Waals surface area (Å²) in [6.45, 7) is 9.86. The SMILES string of the molecule is CC(C)CN(CC(C)C)C(=O)c1cn[nH]c1N. The monoisotopic (exact) mass is 238 g/mol. The molecule has 0 aliphatic carbocycles. The standard InChI is InChI=1S/C12H22N4O/c1-8(2)6-16(7-9(3)4)12(17)10-5-14-15-11(10)13/h5,8-9H,6-7H2,1-4H3,(H3,13,14,15). The zero-order valence-corrected chi connectivity index (χ0v) is 11.0. The van der Waals surface area contributed by atoms with Gasteiger partial charge >= 0.3 is 0 Å². The fourth-order valence-corrected chi connectivity index (χ4v) is 1.76. The quantitative estimate of drug-likeness (QED) is 0.820. The van der Waals surface area contributed by atoms with Crippen LogP contribution in [0.15, 0.2) is 6.20 Å². The summed E-state index contributed by atoms with van der Waals surface area (Å²) in [7, 11) is 0. The van der Waals surface area contributed by atoms with Gasteiger partial charge in [0.25, 0.3) is 5.91 Å². The summed E-state index contributed by atoms with van der Waals surface area (Å²) in [6.07, 6.45) is 1.49. The van der Waals surface area contributed by atoms with E-state index in [1.807, 2.05) is 4.90 Å². The Balaban J connectivity index is 2.82. The Morgan fingerprint density at radius 3 is 2.24 bits per heavy atom. The van der Waals surface area contributed by atoms with Crippen molar-refractivity contribution < 1.29 is 4.79 Å². The Hall–Kier alpha value is -1.52. The average molecular weight is 238 g/mol. The molecule has 1 rings (SSSR count). The minimum absolute atomic E-state index is 0.0429. The molecule has 1 amide bonds. The molecule has 0 aliphatic heterocycles. The maximum absolute atomic E-state index is 12.3. The lowest BCUT2D eigenvalue weighted by Crippen LogP contribution is -2.37. The van der Waals surface area contributed by atoms with Crippen molar-refractivity contribution in [1.82, 2.24) is 15.1 Å². The second kappa shape index (κ2) is 5.70. The molecule has 1 heterocycles. The molecule has 0 saturated heterocycles. The molecule has 3 N–H and O–H groups in total. The molecule has 0 unspecified atom stereocenters. The number of nitrogens with one attached hydrogen (secondary N) is 1. The van der Waals surface area contributed by atoms with Gasteiger partial charge in [-0.25, -0.2) is 0 Å². The van der Waals surface area contributed by atoms with Gasteiger partial charge in [-0.2, -0.15) is 5.10 Å². The molecule has 0 saturated carbocycles.